The molecule has 6 nitrogen and oxygen atoms in total. The van der Waals surface area contributed by atoms with Crippen molar-refractivity contribution in [2.45, 2.75) is 50.5 Å². The maximum absolute atomic E-state index is 12.0. The summed E-state index contributed by atoms with van der Waals surface area (Å²) in [6, 6.07) is -0.952. The summed E-state index contributed by atoms with van der Waals surface area (Å²) < 4.78 is 31.4. The van der Waals surface area contributed by atoms with Crippen molar-refractivity contribution in [1.29, 1.82) is 0 Å². The highest BCUT2D eigenvalue weighted by molar-refractivity contribution is 7.91. The molecule has 0 aliphatic heterocycles. The molecule has 0 saturated carbocycles. The number of hydrogen-bond donors (Lipinski definition) is 1. The Balaban J connectivity index is 2.76. The number of carbonyl (C=O) groups is 1. The molecule has 19 heavy (non-hydrogen) atoms. The Labute approximate surface area is 117 Å². The lowest BCUT2D eigenvalue weighted by molar-refractivity contribution is -0.156. The predicted molar refractivity (Wildman–Crippen MR) is 72.5 cm³/mol. The number of ether oxygens (including phenoxy) is 1. The first-order valence-corrected chi connectivity index (χ1v) is 7.99. The van der Waals surface area contributed by atoms with Gasteiger partial charge in [0.1, 0.15) is 11.6 Å². The van der Waals surface area contributed by atoms with Crippen LogP contribution >= 0.6 is 11.3 Å². The van der Waals surface area contributed by atoms with Crippen LogP contribution < -0.4 is 4.72 Å². The predicted octanol–water partition coefficient (Wildman–Crippen LogP) is 1.46. The molecule has 0 fully saturated rings. The summed E-state index contributed by atoms with van der Waals surface area (Å²) in [5, 5.41) is 0.644. The van der Waals surface area contributed by atoms with Gasteiger partial charge in [-0.25, -0.2) is 13.4 Å². The number of rotatable bonds is 4. The molecule has 8 heteroatoms. The lowest BCUT2D eigenvalue weighted by Gasteiger charge is -2.22. The zero-order chi connectivity index (χ0) is 14.8. The van der Waals surface area contributed by atoms with Gasteiger partial charge < -0.3 is 4.74 Å². The number of esters is 1. The smallest absolute Gasteiger partial charge is 0.324 e. The van der Waals surface area contributed by atoms with Crippen LogP contribution in [0.1, 0.15) is 32.7 Å². The molecular formula is C11H18N2O4S2. The fraction of sp³-hybridized carbons (Fsp3) is 0.636. The first-order valence-electron chi connectivity index (χ1n) is 5.69. The van der Waals surface area contributed by atoms with Gasteiger partial charge in [-0.2, -0.15) is 4.72 Å². The van der Waals surface area contributed by atoms with E-state index in [1.54, 1.807) is 27.7 Å². The van der Waals surface area contributed by atoms with Gasteiger partial charge in [0.15, 0.2) is 4.21 Å². The minimum atomic E-state index is -3.73. The molecule has 1 heterocycles. The van der Waals surface area contributed by atoms with Gasteiger partial charge in [0.2, 0.25) is 0 Å². The molecule has 0 radical (unpaired) electrons. The normalized spacial score (nSPS) is 14.2. The maximum atomic E-state index is 12.0. The monoisotopic (exact) mass is 306 g/mol. The Bertz CT molecular complexity index is 557. The van der Waals surface area contributed by atoms with Crippen LogP contribution in [0.25, 0.3) is 0 Å². The third-order valence-electron chi connectivity index (χ3n) is 1.96. The van der Waals surface area contributed by atoms with Gasteiger partial charge in [-0.05, 0) is 34.6 Å². The van der Waals surface area contributed by atoms with Crippen molar-refractivity contribution >= 4 is 27.3 Å². The second-order valence-corrected chi connectivity index (χ2v) is 8.25. The number of sulfonamides is 1. The number of nitrogens with one attached hydrogen (secondary N) is 1. The molecule has 108 valence electrons. The van der Waals surface area contributed by atoms with Crippen molar-refractivity contribution in [3.05, 3.63) is 11.2 Å². The van der Waals surface area contributed by atoms with E-state index in [1.807, 2.05) is 0 Å². The number of hydrogen-bond acceptors (Lipinski definition) is 6. The van der Waals surface area contributed by atoms with Crippen LogP contribution in [0.2, 0.25) is 0 Å². The van der Waals surface area contributed by atoms with Crippen LogP contribution in [0, 0.1) is 6.92 Å². The molecule has 1 rings (SSSR count). The number of carbonyl (C=O) groups excluding carboxylic acids is 1. The van der Waals surface area contributed by atoms with E-state index in [-0.39, 0.29) is 4.21 Å². The SMILES string of the molecule is Cc1ncc(S(=O)(=O)N[C@@H](C)C(=O)OC(C)(C)C)s1. The minimum Gasteiger partial charge on any atom is -0.459 e. The Morgan fingerprint density at radius 2 is 2.05 bits per heavy atom. The second-order valence-electron chi connectivity index (χ2n) is 5.07. The molecule has 1 atom stereocenters. The molecule has 0 aliphatic rings. The van der Waals surface area contributed by atoms with Gasteiger partial charge >= 0.3 is 5.97 Å². The zero-order valence-corrected chi connectivity index (χ0v) is 13.2. The van der Waals surface area contributed by atoms with Gasteiger partial charge in [-0.3, -0.25) is 4.79 Å². The fourth-order valence-electron chi connectivity index (χ4n) is 1.20. The van der Waals surface area contributed by atoms with E-state index < -0.39 is 27.6 Å². The first-order chi connectivity index (χ1) is 8.51. The highest BCUT2D eigenvalue weighted by Crippen LogP contribution is 2.18. The summed E-state index contributed by atoms with van der Waals surface area (Å²) in [5.41, 5.74) is -0.655. The van der Waals surface area contributed by atoms with Crippen molar-refractivity contribution < 1.29 is 17.9 Å². The summed E-state index contributed by atoms with van der Waals surface area (Å²) in [6.07, 6.45) is 1.27. The molecule has 1 aromatic heterocycles. The molecule has 0 spiro atoms. The molecule has 0 saturated heterocycles. The van der Waals surface area contributed by atoms with E-state index >= 15 is 0 Å². The van der Waals surface area contributed by atoms with Crippen molar-refractivity contribution in [3.63, 3.8) is 0 Å². The van der Waals surface area contributed by atoms with Gasteiger partial charge in [0.05, 0.1) is 11.2 Å². The first kappa shape index (κ1) is 16.1. The molecule has 0 aromatic carbocycles. The Hall–Kier alpha value is -0.990. The summed E-state index contributed by atoms with van der Waals surface area (Å²) in [7, 11) is -3.73. The van der Waals surface area contributed by atoms with Crippen LogP contribution in [0.4, 0.5) is 0 Å². The largest absolute Gasteiger partial charge is 0.459 e. The van der Waals surface area contributed by atoms with Gasteiger partial charge in [0.25, 0.3) is 10.0 Å². The topological polar surface area (TPSA) is 85.4 Å². The van der Waals surface area contributed by atoms with Crippen LogP contribution in [-0.4, -0.2) is 31.0 Å². The van der Waals surface area contributed by atoms with E-state index in [2.05, 4.69) is 9.71 Å². The third kappa shape index (κ3) is 4.88. The molecule has 0 unspecified atom stereocenters. The number of nitrogens with zero attached hydrogens (tertiary/aromatic N) is 1. The number of aryl methyl sites for hydroxylation is 1. The third-order valence-corrected chi connectivity index (χ3v) is 4.87. The summed E-state index contributed by atoms with van der Waals surface area (Å²) in [5.74, 6) is -0.614. The fourth-order valence-corrected chi connectivity index (χ4v) is 3.51. The van der Waals surface area contributed by atoms with E-state index in [0.29, 0.717) is 5.01 Å². The quantitative estimate of drug-likeness (QED) is 0.851. The van der Waals surface area contributed by atoms with Crippen LogP contribution in [0.15, 0.2) is 10.4 Å². The van der Waals surface area contributed by atoms with Crippen molar-refractivity contribution in [3.8, 4) is 0 Å². The number of aromatic nitrogens is 1. The Morgan fingerprint density at radius 1 is 1.47 bits per heavy atom. The van der Waals surface area contributed by atoms with Gasteiger partial charge in [-0.1, -0.05) is 0 Å². The van der Waals surface area contributed by atoms with Crippen LogP contribution in [-0.2, 0) is 19.6 Å². The lowest BCUT2D eigenvalue weighted by Crippen LogP contribution is -2.41. The number of thiazole rings is 1. The highest BCUT2D eigenvalue weighted by Gasteiger charge is 2.27. The highest BCUT2D eigenvalue weighted by atomic mass is 32.2. The Kier molecular flexibility index (Phi) is 4.70. The molecule has 0 amide bonds. The van der Waals surface area contributed by atoms with E-state index in [1.165, 1.54) is 13.1 Å². The minimum absolute atomic E-state index is 0.0837. The molecule has 1 aromatic rings. The Morgan fingerprint density at radius 3 is 2.47 bits per heavy atom. The van der Waals surface area contributed by atoms with Crippen molar-refractivity contribution in [2.75, 3.05) is 0 Å². The van der Waals surface area contributed by atoms with E-state index in [0.717, 1.165) is 11.3 Å². The van der Waals surface area contributed by atoms with Crippen molar-refractivity contribution in [1.82, 2.24) is 9.71 Å². The summed E-state index contributed by atoms with van der Waals surface area (Å²) >= 11 is 1.05. The standard InChI is InChI=1S/C11H18N2O4S2/c1-7(10(14)17-11(3,4)5)13-19(15,16)9-6-12-8(2)18-9/h6-7,13H,1-5H3/t7-/m0/s1. The van der Waals surface area contributed by atoms with E-state index in [4.69, 9.17) is 4.74 Å². The zero-order valence-electron chi connectivity index (χ0n) is 11.6. The second kappa shape index (κ2) is 5.56. The average Bonchev–Trinajstić information content (AvgIpc) is 2.62. The maximum Gasteiger partial charge on any atom is 0.324 e. The van der Waals surface area contributed by atoms with Crippen molar-refractivity contribution in [2.24, 2.45) is 0 Å². The molecule has 0 bridgehead atoms. The molecular weight excluding hydrogens is 288 g/mol. The summed E-state index contributed by atoms with van der Waals surface area (Å²) in [6.45, 7) is 8.32. The summed E-state index contributed by atoms with van der Waals surface area (Å²) in [4.78, 5) is 15.6. The van der Waals surface area contributed by atoms with Gasteiger partial charge in [0, 0.05) is 0 Å². The van der Waals surface area contributed by atoms with Crippen LogP contribution in [0.3, 0.4) is 0 Å². The molecule has 0 aliphatic carbocycles. The van der Waals surface area contributed by atoms with E-state index in [9.17, 15) is 13.2 Å². The lowest BCUT2D eigenvalue weighted by atomic mass is 10.2. The average molecular weight is 306 g/mol. The molecule has 1 N–H and O–H groups in total. The van der Waals surface area contributed by atoms with Crippen LogP contribution in [0.5, 0.6) is 0 Å². The van der Waals surface area contributed by atoms with Gasteiger partial charge in [-0.15, -0.1) is 11.3 Å².